The SMILES string of the molecule is COc1cccc(C(=O)Oc2cccc(/C=N/NC(=O)C(=O)Nc3ccc(C)c(C)c3)c2)c1. The molecule has 0 aliphatic rings. The quantitative estimate of drug-likeness (QED) is 0.198. The number of rotatable bonds is 6. The second kappa shape index (κ2) is 10.7. The molecule has 8 nitrogen and oxygen atoms in total. The van der Waals surface area contributed by atoms with Gasteiger partial charge in [-0.25, -0.2) is 10.2 Å². The summed E-state index contributed by atoms with van der Waals surface area (Å²) in [6, 6.07) is 18.5. The molecule has 0 radical (unpaired) electrons. The number of carbonyl (C=O) groups excluding carboxylic acids is 3. The molecule has 0 saturated carbocycles. The van der Waals surface area contributed by atoms with Gasteiger partial charge >= 0.3 is 17.8 Å². The van der Waals surface area contributed by atoms with E-state index in [1.807, 2.05) is 19.9 Å². The Hall–Kier alpha value is -4.46. The van der Waals surface area contributed by atoms with Gasteiger partial charge in [-0.2, -0.15) is 5.10 Å². The Morgan fingerprint density at radius 3 is 2.36 bits per heavy atom. The predicted octanol–water partition coefficient (Wildman–Crippen LogP) is 3.62. The van der Waals surface area contributed by atoms with Gasteiger partial charge in [0, 0.05) is 5.69 Å². The number of methoxy groups -OCH3 is 1. The van der Waals surface area contributed by atoms with Crippen molar-refractivity contribution in [2.24, 2.45) is 5.10 Å². The molecule has 3 aromatic rings. The summed E-state index contributed by atoms with van der Waals surface area (Å²) < 4.78 is 10.5. The van der Waals surface area contributed by atoms with Crippen LogP contribution in [-0.2, 0) is 9.59 Å². The summed E-state index contributed by atoms with van der Waals surface area (Å²) in [6.45, 7) is 3.87. The van der Waals surface area contributed by atoms with Crippen LogP contribution in [-0.4, -0.2) is 31.1 Å². The average Bonchev–Trinajstić information content (AvgIpc) is 2.81. The molecule has 2 amide bonds. The maximum atomic E-state index is 12.3. The fraction of sp³-hybridized carbons (Fsp3) is 0.120. The number of aryl methyl sites for hydroxylation is 2. The first-order valence-electron chi connectivity index (χ1n) is 10.0. The highest BCUT2D eigenvalue weighted by Crippen LogP contribution is 2.17. The minimum Gasteiger partial charge on any atom is -0.497 e. The van der Waals surface area contributed by atoms with E-state index in [1.165, 1.54) is 13.3 Å². The van der Waals surface area contributed by atoms with Crippen molar-refractivity contribution in [3.05, 3.63) is 89.0 Å². The van der Waals surface area contributed by atoms with Crippen LogP contribution in [0, 0.1) is 13.8 Å². The van der Waals surface area contributed by atoms with Crippen LogP contribution < -0.4 is 20.2 Å². The second-order valence-electron chi connectivity index (χ2n) is 7.15. The second-order valence-corrected chi connectivity index (χ2v) is 7.15. The van der Waals surface area contributed by atoms with Crippen molar-refractivity contribution in [3.8, 4) is 11.5 Å². The standard InChI is InChI=1S/C25H23N3O5/c1-16-10-11-20(12-17(16)2)27-23(29)24(30)28-26-15-18-6-4-9-22(13-18)33-25(31)19-7-5-8-21(14-19)32-3/h4-15H,1-3H3,(H,27,29)(H,28,30)/b26-15+. The summed E-state index contributed by atoms with van der Waals surface area (Å²) in [5.41, 5.74) is 5.67. The van der Waals surface area contributed by atoms with E-state index in [4.69, 9.17) is 9.47 Å². The molecular weight excluding hydrogens is 422 g/mol. The lowest BCUT2D eigenvalue weighted by Gasteiger charge is -2.07. The van der Waals surface area contributed by atoms with Crippen LogP contribution >= 0.6 is 0 Å². The van der Waals surface area contributed by atoms with Gasteiger partial charge in [0.25, 0.3) is 0 Å². The monoisotopic (exact) mass is 445 g/mol. The highest BCUT2D eigenvalue weighted by atomic mass is 16.5. The van der Waals surface area contributed by atoms with E-state index in [0.29, 0.717) is 28.3 Å². The molecule has 0 unspecified atom stereocenters. The van der Waals surface area contributed by atoms with E-state index >= 15 is 0 Å². The molecule has 0 aromatic heterocycles. The molecule has 0 bridgehead atoms. The van der Waals surface area contributed by atoms with Crippen molar-refractivity contribution in [3.63, 3.8) is 0 Å². The van der Waals surface area contributed by atoms with Crippen molar-refractivity contribution in [1.82, 2.24) is 5.43 Å². The molecule has 0 aliphatic carbocycles. The van der Waals surface area contributed by atoms with Crippen molar-refractivity contribution < 1.29 is 23.9 Å². The van der Waals surface area contributed by atoms with Crippen LogP contribution in [0.15, 0.2) is 71.8 Å². The van der Waals surface area contributed by atoms with Gasteiger partial charge in [0.15, 0.2) is 0 Å². The number of nitrogens with one attached hydrogen (secondary N) is 2. The van der Waals surface area contributed by atoms with Crippen molar-refractivity contribution in [2.75, 3.05) is 12.4 Å². The Morgan fingerprint density at radius 1 is 0.848 bits per heavy atom. The largest absolute Gasteiger partial charge is 0.497 e. The van der Waals surface area contributed by atoms with E-state index in [0.717, 1.165) is 11.1 Å². The molecule has 8 heteroatoms. The van der Waals surface area contributed by atoms with Gasteiger partial charge in [-0.05, 0) is 73.0 Å². The Balaban J connectivity index is 1.57. The van der Waals surface area contributed by atoms with Crippen molar-refractivity contribution in [2.45, 2.75) is 13.8 Å². The van der Waals surface area contributed by atoms with Gasteiger partial charge in [0.1, 0.15) is 11.5 Å². The summed E-state index contributed by atoms with van der Waals surface area (Å²) in [5.74, 6) is -1.45. The highest BCUT2D eigenvalue weighted by Gasteiger charge is 2.13. The minimum atomic E-state index is -0.912. The zero-order chi connectivity index (χ0) is 23.8. The number of anilines is 1. The summed E-state index contributed by atoms with van der Waals surface area (Å²) in [7, 11) is 1.51. The molecule has 0 aliphatic heterocycles. The summed E-state index contributed by atoms with van der Waals surface area (Å²) in [4.78, 5) is 36.4. The molecule has 0 atom stereocenters. The number of hydrazone groups is 1. The smallest absolute Gasteiger partial charge is 0.343 e. The number of amides is 2. The highest BCUT2D eigenvalue weighted by molar-refractivity contribution is 6.39. The van der Waals surface area contributed by atoms with E-state index in [-0.39, 0.29) is 0 Å². The molecule has 33 heavy (non-hydrogen) atoms. The number of hydrogen-bond donors (Lipinski definition) is 2. The Morgan fingerprint density at radius 2 is 1.61 bits per heavy atom. The van der Waals surface area contributed by atoms with Crippen LogP contribution in [0.3, 0.4) is 0 Å². The molecule has 3 rings (SSSR count). The molecule has 0 fully saturated rings. The maximum Gasteiger partial charge on any atom is 0.343 e. The lowest BCUT2D eigenvalue weighted by molar-refractivity contribution is -0.136. The van der Waals surface area contributed by atoms with Crippen LogP contribution in [0.25, 0.3) is 0 Å². The Labute approximate surface area is 191 Å². The summed E-state index contributed by atoms with van der Waals surface area (Å²) >= 11 is 0. The zero-order valence-electron chi connectivity index (χ0n) is 18.4. The Bertz CT molecular complexity index is 1220. The number of benzene rings is 3. The van der Waals surface area contributed by atoms with Gasteiger partial charge in [0.05, 0.1) is 18.9 Å². The third-order valence-corrected chi connectivity index (χ3v) is 4.72. The summed E-state index contributed by atoms with van der Waals surface area (Å²) in [5, 5.41) is 6.32. The number of hydrogen-bond acceptors (Lipinski definition) is 6. The lowest BCUT2D eigenvalue weighted by atomic mass is 10.1. The summed E-state index contributed by atoms with van der Waals surface area (Å²) in [6.07, 6.45) is 1.34. The van der Waals surface area contributed by atoms with Crippen LogP contribution in [0.5, 0.6) is 11.5 Å². The van der Waals surface area contributed by atoms with Gasteiger partial charge in [-0.1, -0.05) is 24.3 Å². The number of esters is 1. The third kappa shape index (κ3) is 6.51. The first kappa shape index (κ1) is 23.2. The molecule has 168 valence electrons. The molecule has 2 N–H and O–H groups in total. The average molecular weight is 445 g/mol. The van der Waals surface area contributed by atoms with Gasteiger partial charge in [0.2, 0.25) is 0 Å². The molecule has 0 saturated heterocycles. The van der Waals surface area contributed by atoms with Crippen LogP contribution in [0.2, 0.25) is 0 Å². The van der Waals surface area contributed by atoms with Gasteiger partial charge in [-0.3, -0.25) is 9.59 Å². The third-order valence-electron chi connectivity index (χ3n) is 4.72. The predicted molar refractivity (Wildman–Crippen MR) is 125 cm³/mol. The topological polar surface area (TPSA) is 106 Å². The number of ether oxygens (including phenoxy) is 2. The van der Waals surface area contributed by atoms with E-state index < -0.39 is 17.8 Å². The Kier molecular flexibility index (Phi) is 7.54. The molecule has 0 heterocycles. The van der Waals surface area contributed by atoms with Crippen LogP contribution in [0.1, 0.15) is 27.0 Å². The first-order chi connectivity index (χ1) is 15.9. The number of nitrogens with zero attached hydrogens (tertiary/aromatic N) is 1. The fourth-order valence-corrected chi connectivity index (χ4v) is 2.80. The van der Waals surface area contributed by atoms with Gasteiger partial charge < -0.3 is 14.8 Å². The number of carbonyl (C=O) groups is 3. The van der Waals surface area contributed by atoms with Crippen LogP contribution in [0.4, 0.5) is 5.69 Å². The van der Waals surface area contributed by atoms with E-state index in [2.05, 4.69) is 15.8 Å². The maximum absolute atomic E-state index is 12.3. The lowest BCUT2D eigenvalue weighted by Crippen LogP contribution is -2.32. The van der Waals surface area contributed by atoms with E-state index in [9.17, 15) is 14.4 Å². The normalized spacial score (nSPS) is 10.5. The fourth-order valence-electron chi connectivity index (χ4n) is 2.80. The van der Waals surface area contributed by atoms with E-state index in [1.54, 1.807) is 60.7 Å². The van der Waals surface area contributed by atoms with Gasteiger partial charge in [-0.15, -0.1) is 0 Å². The molecular formula is C25H23N3O5. The zero-order valence-corrected chi connectivity index (χ0v) is 18.4. The van der Waals surface area contributed by atoms with Crippen molar-refractivity contribution in [1.29, 1.82) is 0 Å². The molecule has 0 spiro atoms. The van der Waals surface area contributed by atoms with Crippen molar-refractivity contribution >= 4 is 29.7 Å². The first-order valence-corrected chi connectivity index (χ1v) is 10.0. The minimum absolute atomic E-state index is 0.297. The molecule has 3 aromatic carbocycles.